The molecule has 0 atom stereocenters. The predicted octanol–water partition coefficient (Wildman–Crippen LogP) is 2.23. The van der Waals surface area contributed by atoms with Crippen molar-refractivity contribution in [3.05, 3.63) is 58.9 Å². The number of rotatable bonds is 5. The van der Waals surface area contributed by atoms with Gasteiger partial charge in [0.05, 0.1) is 19.8 Å². The maximum absolute atomic E-state index is 13.7. The van der Waals surface area contributed by atoms with Gasteiger partial charge < -0.3 is 20.1 Å². The standard InChI is InChI=1S/C18H17FN2O5/c1-20-16(22)11-5-13(19)9-14(6-11)21-17(23)10-4-12(18(24)26-3)8-15(7-10)25-2/h4-9H,1-3H3,(H,20,22)(H,21,23). The van der Waals surface area contributed by atoms with Crippen molar-refractivity contribution >= 4 is 23.5 Å². The summed E-state index contributed by atoms with van der Waals surface area (Å²) in [5.74, 6) is -2.13. The van der Waals surface area contributed by atoms with Crippen molar-refractivity contribution in [2.45, 2.75) is 0 Å². The van der Waals surface area contributed by atoms with Crippen LogP contribution in [0.2, 0.25) is 0 Å². The molecule has 2 aromatic rings. The van der Waals surface area contributed by atoms with E-state index >= 15 is 0 Å². The lowest BCUT2D eigenvalue weighted by Gasteiger charge is -2.10. The minimum Gasteiger partial charge on any atom is -0.497 e. The van der Waals surface area contributed by atoms with Crippen LogP contribution in [0.3, 0.4) is 0 Å². The highest BCUT2D eigenvalue weighted by molar-refractivity contribution is 6.06. The first kappa shape index (κ1) is 18.9. The van der Waals surface area contributed by atoms with Crippen LogP contribution in [0.25, 0.3) is 0 Å². The molecule has 0 aliphatic carbocycles. The molecule has 7 nitrogen and oxygen atoms in total. The molecule has 0 radical (unpaired) electrons. The summed E-state index contributed by atoms with van der Waals surface area (Å²) in [4.78, 5) is 35.8. The van der Waals surface area contributed by atoms with Crippen molar-refractivity contribution < 1.29 is 28.2 Å². The lowest BCUT2D eigenvalue weighted by molar-refractivity contribution is 0.0600. The number of methoxy groups -OCH3 is 2. The first-order chi connectivity index (χ1) is 12.4. The second-order valence-electron chi connectivity index (χ2n) is 5.20. The van der Waals surface area contributed by atoms with Gasteiger partial charge in [0.2, 0.25) is 0 Å². The van der Waals surface area contributed by atoms with Crippen LogP contribution >= 0.6 is 0 Å². The van der Waals surface area contributed by atoms with Crippen molar-refractivity contribution in [1.29, 1.82) is 0 Å². The predicted molar refractivity (Wildman–Crippen MR) is 92.1 cm³/mol. The van der Waals surface area contributed by atoms with E-state index in [4.69, 9.17) is 4.74 Å². The number of carbonyl (C=O) groups excluding carboxylic acids is 3. The van der Waals surface area contributed by atoms with E-state index in [9.17, 15) is 18.8 Å². The number of amides is 2. The molecule has 2 aromatic carbocycles. The molecule has 0 bridgehead atoms. The molecule has 0 aliphatic heterocycles. The van der Waals surface area contributed by atoms with Crippen LogP contribution in [0.15, 0.2) is 36.4 Å². The maximum Gasteiger partial charge on any atom is 0.338 e. The molecule has 0 heterocycles. The summed E-state index contributed by atoms with van der Waals surface area (Å²) in [6.45, 7) is 0. The number of hydrogen-bond acceptors (Lipinski definition) is 5. The number of carbonyl (C=O) groups is 3. The average Bonchev–Trinajstić information content (AvgIpc) is 2.65. The zero-order valence-corrected chi connectivity index (χ0v) is 14.4. The van der Waals surface area contributed by atoms with Crippen LogP contribution in [-0.4, -0.2) is 39.1 Å². The Kier molecular flexibility index (Phi) is 5.90. The van der Waals surface area contributed by atoms with Gasteiger partial charge in [-0.15, -0.1) is 0 Å². The van der Waals surface area contributed by atoms with Gasteiger partial charge >= 0.3 is 5.97 Å². The molecule has 0 aliphatic rings. The molecule has 136 valence electrons. The van der Waals surface area contributed by atoms with Crippen LogP contribution < -0.4 is 15.4 Å². The van der Waals surface area contributed by atoms with E-state index in [2.05, 4.69) is 15.4 Å². The van der Waals surface area contributed by atoms with Crippen molar-refractivity contribution in [3.8, 4) is 5.75 Å². The summed E-state index contributed by atoms with van der Waals surface area (Å²) in [5.41, 5.74) is 0.387. The lowest BCUT2D eigenvalue weighted by Crippen LogP contribution is -2.19. The zero-order valence-electron chi connectivity index (χ0n) is 14.4. The summed E-state index contributed by atoms with van der Waals surface area (Å²) in [6, 6.07) is 7.63. The Morgan fingerprint density at radius 2 is 1.54 bits per heavy atom. The molecule has 0 unspecified atom stereocenters. The molecule has 0 saturated carbocycles. The van der Waals surface area contributed by atoms with E-state index in [0.717, 1.165) is 12.1 Å². The van der Waals surface area contributed by atoms with Gasteiger partial charge in [-0.3, -0.25) is 9.59 Å². The molecule has 8 heteroatoms. The molecule has 2 amide bonds. The largest absolute Gasteiger partial charge is 0.497 e. The quantitative estimate of drug-likeness (QED) is 0.798. The Balaban J connectivity index is 2.34. The molecule has 26 heavy (non-hydrogen) atoms. The lowest BCUT2D eigenvalue weighted by atomic mass is 10.1. The highest BCUT2D eigenvalue weighted by Gasteiger charge is 2.15. The number of nitrogens with one attached hydrogen (secondary N) is 2. The molecule has 0 fully saturated rings. The third-order valence-electron chi connectivity index (χ3n) is 3.47. The third kappa shape index (κ3) is 4.35. The number of benzene rings is 2. The Morgan fingerprint density at radius 3 is 2.15 bits per heavy atom. The molecule has 0 spiro atoms. The zero-order chi connectivity index (χ0) is 19.3. The molecular formula is C18H17FN2O5. The molecule has 2 N–H and O–H groups in total. The molecular weight excluding hydrogens is 343 g/mol. The maximum atomic E-state index is 13.7. The monoisotopic (exact) mass is 360 g/mol. The first-order valence-electron chi connectivity index (χ1n) is 7.49. The third-order valence-corrected chi connectivity index (χ3v) is 3.47. The molecule has 0 aromatic heterocycles. The van der Waals surface area contributed by atoms with Crippen molar-refractivity contribution in [3.63, 3.8) is 0 Å². The van der Waals surface area contributed by atoms with Crippen LogP contribution in [0.5, 0.6) is 5.75 Å². The highest BCUT2D eigenvalue weighted by atomic mass is 19.1. The summed E-state index contributed by atoms with van der Waals surface area (Å²) < 4.78 is 23.4. The fourth-order valence-electron chi connectivity index (χ4n) is 2.22. The van der Waals surface area contributed by atoms with Crippen LogP contribution in [-0.2, 0) is 4.74 Å². The van der Waals surface area contributed by atoms with E-state index in [1.54, 1.807) is 0 Å². The van der Waals surface area contributed by atoms with Crippen molar-refractivity contribution in [2.24, 2.45) is 0 Å². The van der Waals surface area contributed by atoms with Crippen molar-refractivity contribution in [1.82, 2.24) is 5.32 Å². The van der Waals surface area contributed by atoms with Crippen LogP contribution in [0.1, 0.15) is 31.1 Å². The summed E-state index contributed by atoms with van der Waals surface area (Å²) in [7, 11) is 4.02. The number of ether oxygens (including phenoxy) is 2. The molecule has 2 rings (SSSR count). The highest BCUT2D eigenvalue weighted by Crippen LogP contribution is 2.20. The number of esters is 1. The Hall–Kier alpha value is -3.42. The van der Waals surface area contributed by atoms with E-state index in [1.165, 1.54) is 45.5 Å². The van der Waals surface area contributed by atoms with Gasteiger partial charge in [0.1, 0.15) is 11.6 Å². The second-order valence-corrected chi connectivity index (χ2v) is 5.20. The Morgan fingerprint density at radius 1 is 0.885 bits per heavy atom. The number of anilines is 1. The number of hydrogen-bond donors (Lipinski definition) is 2. The summed E-state index contributed by atoms with van der Waals surface area (Å²) >= 11 is 0. The Labute approximate surface area is 149 Å². The van der Waals surface area contributed by atoms with Gasteiger partial charge in [0.15, 0.2) is 0 Å². The molecule has 0 saturated heterocycles. The van der Waals surface area contributed by atoms with Crippen LogP contribution in [0.4, 0.5) is 10.1 Å². The van der Waals surface area contributed by atoms with E-state index in [-0.39, 0.29) is 28.1 Å². The SMILES string of the molecule is CNC(=O)c1cc(F)cc(NC(=O)c2cc(OC)cc(C(=O)OC)c2)c1. The fraction of sp³-hybridized carbons (Fsp3) is 0.167. The fourth-order valence-corrected chi connectivity index (χ4v) is 2.22. The summed E-state index contributed by atoms with van der Waals surface area (Å²) in [5, 5.41) is 4.86. The van der Waals surface area contributed by atoms with Crippen molar-refractivity contribution in [2.75, 3.05) is 26.6 Å². The van der Waals surface area contributed by atoms with E-state index in [0.29, 0.717) is 0 Å². The average molecular weight is 360 g/mol. The van der Waals surface area contributed by atoms with Gasteiger partial charge in [-0.25, -0.2) is 9.18 Å². The van der Waals surface area contributed by atoms with E-state index < -0.39 is 23.6 Å². The summed E-state index contributed by atoms with van der Waals surface area (Å²) in [6.07, 6.45) is 0. The van der Waals surface area contributed by atoms with E-state index in [1.807, 2.05) is 0 Å². The van der Waals surface area contributed by atoms with Gasteiger partial charge in [0, 0.05) is 23.9 Å². The van der Waals surface area contributed by atoms with Gasteiger partial charge in [-0.05, 0) is 36.4 Å². The number of halogens is 1. The van der Waals surface area contributed by atoms with Gasteiger partial charge in [0.25, 0.3) is 11.8 Å². The van der Waals surface area contributed by atoms with Gasteiger partial charge in [-0.2, -0.15) is 0 Å². The first-order valence-corrected chi connectivity index (χ1v) is 7.49. The Bertz CT molecular complexity index is 867. The topological polar surface area (TPSA) is 93.7 Å². The van der Waals surface area contributed by atoms with Crippen LogP contribution in [0, 0.1) is 5.82 Å². The minimum atomic E-state index is -0.678. The normalized spacial score (nSPS) is 10.0. The smallest absolute Gasteiger partial charge is 0.338 e. The second kappa shape index (κ2) is 8.11. The minimum absolute atomic E-state index is 0.0590. The van der Waals surface area contributed by atoms with Gasteiger partial charge in [-0.1, -0.05) is 0 Å².